The normalized spacial score (nSPS) is 19.0. The van der Waals surface area contributed by atoms with Crippen LogP contribution in [0.4, 0.5) is 10.2 Å². The number of aromatic amines is 2. The number of amides is 1. The van der Waals surface area contributed by atoms with Crippen LogP contribution in [0.3, 0.4) is 0 Å². The van der Waals surface area contributed by atoms with Crippen LogP contribution < -0.4 is 16.8 Å². The third-order valence-electron chi connectivity index (χ3n) is 6.38. The molecular formula is C26H23ClFN7O. The van der Waals surface area contributed by atoms with Gasteiger partial charge in [-0.25, -0.2) is 9.37 Å². The van der Waals surface area contributed by atoms with Crippen molar-refractivity contribution in [2.75, 3.05) is 5.73 Å². The Bertz CT molecular complexity index is 1550. The van der Waals surface area contributed by atoms with Crippen molar-refractivity contribution in [3.63, 3.8) is 0 Å². The van der Waals surface area contributed by atoms with Crippen LogP contribution in [0.1, 0.15) is 21.7 Å². The van der Waals surface area contributed by atoms with E-state index in [2.05, 4.69) is 27.1 Å². The van der Waals surface area contributed by atoms with Crippen molar-refractivity contribution in [2.24, 2.45) is 5.73 Å². The molecule has 1 aliphatic carbocycles. The van der Waals surface area contributed by atoms with Gasteiger partial charge in [-0.15, -0.1) is 6.58 Å². The fourth-order valence-corrected chi connectivity index (χ4v) is 4.60. The summed E-state index contributed by atoms with van der Waals surface area (Å²) >= 11 is 6.58. The maximum absolute atomic E-state index is 14.6. The number of fused-ring (bicyclic) bond motifs is 1. The lowest BCUT2D eigenvalue weighted by Gasteiger charge is -2.34. The minimum Gasteiger partial charge on any atom is -0.382 e. The molecule has 7 N–H and O–H groups in total. The number of nitrogens with one attached hydrogen (secondary N) is 3. The number of carbonyl (C=O) groups excluding carboxylic acids is 1. The van der Waals surface area contributed by atoms with Gasteiger partial charge in [0.05, 0.1) is 22.5 Å². The molecule has 10 heteroatoms. The second kappa shape index (κ2) is 9.10. The second-order valence-corrected chi connectivity index (χ2v) is 8.85. The van der Waals surface area contributed by atoms with Gasteiger partial charge in [0.2, 0.25) is 0 Å². The number of allylic oxidation sites excluding steroid dienone is 2. The maximum atomic E-state index is 14.6. The third kappa shape index (κ3) is 3.88. The van der Waals surface area contributed by atoms with E-state index in [1.165, 1.54) is 12.1 Å². The molecule has 5 rings (SSSR count). The highest BCUT2D eigenvalue weighted by Crippen LogP contribution is 2.37. The van der Waals surface area contributed by atoms with Crippen LogP contribution >= 0.6 is 11.6 Å². The second-order valence-electron chi connectivity index (χ2n) is 8.47. The minimum atomic E-state index is -0.970. The Morgan fingerprint density at radius 3 is 2.86 bits per heavy atom. The quantitative estimate of drug-likeness (QED) is 0.252. The average Bonchev–Trinajstić information content (AvgIpc) is 3.46. The number of hydrogen-bond acceptors (Lipinski definition) is 5. The Labute approximate surface area is 210 Å². The number of nitrogens with two attached hydrogens (primary N) is 2. The zero-order valence-corrected chi connectivity index (χ0v) is 19.8. The van der Waals surface area contributed by atoms with Crippen LogP contribution in [0.2, 0.25) is 5.15 Å². The summed E-state index contributed by atoms with van der Waals surface area (Å²) in [4.78, 5) is 21.0. The van der Waals surface area contributed by atoms with Crippen molar-refractivity contribution in [1.82, 2.24) is 25.5 Å². The lowest BCUT2D eigenvalue weighted by Crippen LogP contribution is -2.49. The monoisotopic (exact) mass is 503 g/mol. The molecule has 0 radical (unpaired) electrons. The predicted molar refractivity (Wildman–Crippen MR) is 139 cm³/mol. The van der Waals surface area contributed by atoms with E-state index in [-0.39, 0.29) is 12.1 Å². The highest BCUT2D eigenvalue weighted by Gasteiger charge is 2.40. The number of imidazole rings is 1. The van der Waals surface area contributed by atoms with E-state index in [1.807, 2.05) is 30.4 Å². The van der Waals surface area contributed by atoms with Gasteiger partial charge in [-0.3, -0.25) is 9.89 Å². The number of rotatable bonds is 6. The molecule has 0 saturated heterocycles. The number of nitrogens with zero attached hydrogens (tertiary/aromatic N) is 2. The van der Waals surface area contributed by atoms with Gasteiger partial charge >= 0.3 is 0 Å². The summed E-state index contributed by atoms with van der Waals surface area (Å²) < 4.78 is 14.6. The van der Waals surface area contributed by atoms with E-state index in [0.29, 0.717) is 28.1 Å². The van der Waals surface area contributed by atoms with E-state index in [9.17, 15) is 9.18 Å². The number of carbonyl (C=O) groups is 1. The first-order valence-electron chi connectivity index (χ1n) is 11.1. The highest BCUT2D eigenvalue weighted by atomic mass is 35.5. The van der Waals surface area contributed by atoms with Crippen molar-refractivity contribution >= 4 is 34.2 Å². The average molecular weight is 504 g/mol. The van der Waals surface area contributed by atoms with Crippen molar-refractivity contribution in [3.8, 4) is 11.3 Å². The van der Waals surface area contributed by atoms with E-state index in [4.69, 9.17) is 28.1 Å². The van der Waals surface area contributed by atoms with Crippen molar-refractivity contribution in [2.45, 2.75) is 18.0 Å². The molecule has 1 amide bonds. The molecule has 4 aromatic rings. The molecule has 2 aromatic carbocycles. The number of aromatic nitrogens is 4. The van der Waals surface area contributed by atoms with Crippen molar-refractivity contribution in [3.05, 3.63) is 101 Å². The van der Waals surface area contributed by atoms with Crippen LogP contribution in [-0.4, -0.2) is 32.1 Å². The number of benzene rings is 2. The fraction of sp³-hybridized carbons (Fsp3) is 0.115. The Morgan fingerprint density at radius 2 is 2.11 bits per heavy atom. The molecule has 2 heterocycles. The summed E-state index contributed by atoms with van der Waals surface area (Å²) in [5, 5.41) is 10.9. The first-order valence-corrected chi connectivity index (χ1v) is 11.5. The van der Waals surface area contributed by atoms with Crippen LogP contribution in [0, 0.1) is 5.82 Å². The predicted octanol–water partition coefficient (Wildman–Crippen LogP) is 4.13. The van der Waals surface area contributed by atoms with E-state index in [0.717, 1.165) is 16.5 Å². The molecule has 8 nitrogen and oxygen atoms in total. The zero-order valence-electron chi connectivity index (χ0n) is 19.1. The van der Waals surface area contributed by atoms with Gasteiger partial charge in [0.25, 0.3) is 5.91 Å². The van der Waals surface area contributed by atoms with Crippen LogP contribution in [0.5, 0.6) is 0 Å². The van der Waals surface area contributed by atoms with Gasteiger partial charge in [0.15, 0.2) is 5.82 Å². The Balaban J connectivity index is 1.50. The maximum Gasteiger partial charge on any atom is 0.254 e. The Hall–Kier alpha value is -4.21. The zero-order chi connectivity index (χ0) is 25.4. The number of nitrogen functional groups attached to an aromatic ring is 1. The number of halogens is 2. The number of anilines is 1. The molecule has 0 bridgehead atoms. The van der Waals surface area contributed by atoms with Gasteiger partial charge in [0.1, 0.15) is 22.5 Å². The Kier molecular flexibility index (Phi) is 5.95. The molecule has 0 spiro atoms. The molecule has 0 fully saturated rings. The molecule has 1 unspecified atom stereocenters. The largest absolute Gasteiger partial charge is 0.382 e. The van der Waals surface area contributed by atoms with Gasteiger partial charge in [-0.05, 0) is 29.8 Å². The summed E-state index contributed by atoms with van der Waals surface area (Å²) in [6.45, 7) is 4.18. The topological polar surface area (TPSA) is 138 Å². The summed E-state index contributed by atoms with van der Waals surface area (Å²) in [6, 6.07) is 9.23. The summed E-state index contributed by atoms with van der Waals surface area (Å²) in [7, 11) is 0. The van der Waals surface area contributed by atoms with Crippen LogP contribution in [0.15, 0.2) is 73.4 Å². The van der Waals surface area contributed by atoms with E-state index < -0.39 is 23.2 Å². The molecule has 2 atom stereocenters. The fourth-order valence-electron chi connectivity index (χ4n) is 4.36. The lowest BCUT2D eigenvalue weighted by atomic mass is 9.76. The van der Waals surface area contributed by atoms with Gasteiger partial charge in [0, 0.05) is 17.5 Å². The van der Waals surface area contributed by atoms with Crippen molar-refractivity contribution in [1.29, 1.82) is 0 Å². The summed E-state index contributed by atoms with van der Waals surface area (Å²) in [6.07, 6.45) is 8.94. The van der Waals surface area contributed by atoms with Crippen LogP contribution in [-0.2, 0) is 12.0 Å². The first-order chi connectivity index (χ1) is 17.4. The van der Waals surface area contributed by atoms with Gasteiger partial charge in [-0.2, -0.15) is 5.10 Å². The summed E-state index contributed by atoms with van der Waals surface area (Å²) in [5.74, 6) is -0.352. The minimum absolute atomic E-state index is 0.0848. The molecular weight excluding hydrogens is 481 g/mol. The van der Waals surface area contributed by atoms with Gasteiger partial charge in [-0.1, -0.05) is 54.1 Å². The molecule has 0 aliphatic heterocycles. The van der Waals surface area contributed by atoms with Gasteiger partial charge < -0.3 is 21.8 Å². The molecule has 36 heavy (non-hydrogen) atoms. The number of H-pyrrole nitrogens is 2. The lowest BCUT2D eigenvalue weighted by molar-refractivity contribution is 0.0932. The molecule has 2 aromatic heterocycles. The highest BCUT2D eigenvalue weighted by molar-refractivity contribution is 6.32. The SMILES string of the molecule is C=C[C@]1(c2nc(-c3ccc4c(N)n[nH]c4c3)c(Cl)[nH]2)C=CC=CC1NC(=O)c1ccc(CN)cc1F. The van der Waals surface area contributed by atoms with E-state index in [1.54, 1.807) is 24.3 Å². The molecule has 0 saturated carbocycles. The Morgan fingerprint density at radius 1 is 1.28 bits per heavy atom. The third-order valence-corrected chi connectivity index (χ3v) is 6.65. The molecule has 1 aliphatic rings. The molecule has 182 valence electrons. The van der Waals surface area contributed by atoms with Crippen LogP contribution in [0.25, 0.3) is 22.2 Å². The summed E-state index contributed by atoms with van der Waals surface area (Å²) in [5.41, 5.74) is 13.0. The van der Waals surface area contributed by atoms with E-state index >= 15 is 0 Å². The van der Waals surface area contributed by atoms with Crippen molar-refractivity contribution < 1.29 is 9.18 Å². The first kappa shape index (κ1) is 23.5. The smallest absolute Gasteiger partial charge is 0.254 e. The standard InChI is InChI=1S/C26H23ClFN7O/c1-2-26(10-4-3-5-20(26)31-24(36)16-8-6-14(13-29)11-18(16)28)25-32-21(22(27)33-25)15-7-9-17-19(12-15)34-35-23(17)30/h2-12,20H,1,13,29H2,(H,31,36)(H,32,33)(H3,30,34,35)/t20?,26-/m0/s1. The number of hydrogen-bond donors (Lipinski definition) is 5.